The molecule has 0 saturated heterocycles. The molecule has 1 atom stereocenters. The predicted molar refractivity (Wildman–Crippen MR) is 102 cm³/mol. The summed E-state index contributed by atoms with van der Waals surface area (Å²) in [7, 11) is 0. The Morgan fingerprint density at radius 1 is 1.42 bits per heavy atom. The molecule has 1 unspecified atom stereocenters. The van der Waals surface area contributed by atoms with Crippen molar-refractivity contribution in [1.82, 2.24) is 15.1 Å². The number of nitrogens with one attached hydrogen (secondary N) is 2. The molecule has 2 N–H and O–H groups in total. The predicted octanol–water partition coefficient (Wildman–Crippen LogP) is 3.28. The van der Waals surface area contributed by atoms with Crippen LogP contribution in [0.4, 0.5) is 5.82 Å². The number of fused-ring (bicyclic) bond motifs is 3. The molecule has 7 nitrogen and oxygen atoms in total. The molecule has 26 heavy (non-hydrogen) atoms. The summed E-state index contributed by atoms with van der Waals surface area (Å²) in [5.41, 5.74) is 1.05. The van der Waals surface area contributed by atoms with Crippen LogP contribution in [0.2, 0.25) is 0 Å². The van der Waals surface area contributed by atoms with E-state index >= 15 is 0 Å². The first-order valence-corrected chi connectivity index (χ1v) is 10.2. The molecule has 1 amide bonds. The molecule has 0 fully saturated rings. The fraction of sp³-hybridized carbons (Fsp3) is 0.412. The molecule has 3 aromatic heterocycles. The minimum Gasteiger partial charge on any atom is -0.360 e. The van der Waals surface area contributed by atoms with Crippen molar-refractivity contribution >= 4 is 45.0 Å². The van der Waals surface area contributed by atoms with E-state index in [4.69, 9.17) is 4.52 Å². The van der Waals surface area contributed by atoms with Crippen LogP contribution < -0.4 is 10.9 Å². The number of carbonyl (C=O) groups is 1. The summed E-state index contributed by atoms with van der Waals surface area (Å²) in [6, 6.07) is 1.65. The number of thiophene rings is 1. The summed E-state index contributed by atoms with van der Waals surface area (Å²) < 4.78 is 4.94. The molecule has 136 valence electrons. The SMILES string of the molecule is Cc1cc(NC(=O)C(C)Sc2nc3sc4c(c3c(=O)[nH]2)CCCC4)no1. The quantitative estimate of drug-likeness (QED) is 0.524. The number of H-pyrrole nitrogens is 1. The lowest BCUT2D eigenvalue weighted by Gasteiger charge is -2.10. The Labute approximate surface area is 157 Å². The molecule has 0 radical (unpaired) electrons. The maximum Gasteiger partial charge on any atom is 0.260 e. The Morgan fingerprint density at radius 2 is 2.23 bits per heavy atom. The van der Waals surface area contributed by atoms with Crippen LogP contribution in [0.25, 0.3) is 10.2 Å². The van der Waals surface area contributed by atoms with Gasteiger partial charge in [-0.15, -0.1) is 11.3 Å². The van der Waals surface area contributed by atoms with Gasteiger partial charge in [-0.1, -0.05) is 16.9 Å². The van der Waals surface area contributed by atoms with Crippen LogP contribution in [0, 0.1) is 6.92 Å². The van der Waals surface area contributed by atoms with Crippen molar-refractivity contribution in [2.45, 2.75) is 49.9 Å². The number of rotatable bonds is 4. The van der Waals surface area contributed by atoms with Gasteiger partial charge in [-0.2, -0.15) is 0 Å². The first-order valence-electron chi connectivity index (χ1n) is 8.46. The van der Waals surface area contributed by atoms with E-state index in [2.05, 4.69) is 20.4 Å². The lowest BCUT2D eigenvalue weighted by Crippen LogP contribution is -2.23. The topological polar surface area (TPSA) is 101 Å². The van der Waals surface area contributed by atoms with Gasteiger partial charge < -0.3 is 14.8 Å². The van der Waals surface area contributed by atoms with Gasteiger partial charge >= 0.3 is 0 Å². The van der Waals surface area contributed by atoms with Gasteiger partial charge in [0.25, 0.3) is 5.56 Å². The molecule has 1 aliphatic rings. The molecule has 0 saturated carbocycles. The summed E-state index contributed by atoms with van der Waals surface area (Å²) in [4.78, 5) is 34.3. The number of carbonyl (C=O) groups excluding carboxylic acids is 1. The molecule has 3 heterocycles. The zero-order valence-electron chi connectivity index (χ0n) is 14.4. The van der Waals surface area contributed by atoms with Crippen LogP contribution in [-0.4, -0.2) is 26.3 Å². The maximum atomic E-state index is 12.6. The zero-order chi connectivity index (χ0) is 18.3. The van der Waals surface area contributed by atoms with Gasteiger partial charge in [-0.05, 0) is 45.1 Å². The fourth-order valence-electron chi connectivity index (χ4n) is 3.07. The summed E-state index contributed by atoms with van der Waals surface area (Å²) >= 11 is 2.82. The molecule has 0 spiro atoms. The Hall–Kier alpha value is -2.13. The zero-order valence-corrected chi connectivity index (χ0v) is 16.1. The Kier molecular flexibility index (Phi) is 4.58. The molecule has 0 aliphatic heterocycles. The second-order valence-corrected chi connectivity index (χ2v) is 8.75. The van der Waals surface area contributed by atoms with Crippen LogP contribution in [0.3, 0.4) is 0 Å². The molecular weight excluding hydrogens is 372 g/mol. The highest BCUT2D eigenvalue weighted by molar-refractivity contribution is 8.00. The molecule has 3 aromatic rings. The lowest BCUT2D eigenvalue weighted by molar-refractivity contribution is -0.115. The first kappa shape index (κ1) is 17.3. The number of aromatic amines is 1. The third-order valence-electron chi connectivity index (χ3n) is 4.34. The molecule has 1 aliphatic carbocycles. The largest absolute Gasteiger partial charge is 0.360 e. The van der Waals surface area contributed by atoms with Gasteiger partial charge in [0.15, 0.2) is 11.0 Å². The van der Waals surface area contributed by atoms with E-state index in [0.717, 1.165) is 41.5 Å². The van der Waals surface area contributed by atoms with Crippen LogP contribution in [0.1, 0.15) is 36.0 Å². The molecule has 0 aromatic carbocycles. The van der Waals surface area contributed by atoms with E-state index in [1.165, 1.54) is 16.6 Å². The molecule has 9 heteroatoms. The monoisotopic (exact) mass is 390 g/mol. The Balaban J connectivity index is 1.55. The van der Waals surface area contributed by atoms with Crippen LogP contribution in [0.15, 0.2) is 20.5 Å². The maximum absolute atomic E-state index is 12.6. The highest BCUT2D eigenvalue weighted by atomic mass is 32.2. The second-order valence-electron chi connectivity index (χ2n) is 6.33. The standard InChI is InChI=1S/C17H18N4O3S2/c1-8-7-12(21-24-8)18-14(22)9(2)25-17-19-15(23)13-10-5-3-4-6-11(10)26-16(13)20-17/h7,9H,3-6H2,1-2H3,(H,18,21,22)(H,19,20,23). The third-order valence-corrected chi connectivity index (χ3v) is 6.51. The summed E-state index contributed by atoms with van der Waals surface area (Å²) in [5, 5.41) is 7.18. The summed E-state index contributed by atoms with van der Waals surface area (Å²) in [6.45, 7) is 3.52. The van der Waals surface area contributed by atoms with Gasteiger partial charge in [0, 0.05) is 10.9 Å². The third kappa shape index (κ3) is 3.28. The lowest BCUT2D eigenvalue weighted by atomic mass is 9.97. The van der Waals surface area contributed by atoms with Crippen LogP contribution >= 0.6 is 23.1 Å². The van der Waals surface area contributed by atoms with Gasteiger partial charge in [0.2, 0.25) is 5.91 Å². The number of thioether (sulfide) groups is 1. The van der Waals surface area contributed by atoms with Crippen molar-refractivity contribution < 1.29 is 9.32 Å². The van der Waals surface area contributed by atoms with Crippen LogP contribution in [0.5, 0.6) is 0 Å². The smallest absolute Gasteiger partial charge is 0.260 e. The molecule has 4 rings (SSSR count). The highest BCUT2D eigenvalue weighted by Crippen LogP contribution is 2.34. The van der Waals surface area contributed by atoms with Crippen molar-refractivity contribution in [1.29, 1.82) is 0 Å². The van der Waals surface area contributed by atoms with E-state index < -0.39 is 5.25 Å². The summed E-state index contributed by atoms with van der Waals surface area (Å²) in [6.07, 6.45) is 4.25. The van der Waals surface area contributed by atoms with Gasteiger partial charge in [0.1, 0.15) is 10.6 Å². The van der Waals surface area contributed by atoms with Crippen molar-refractivity contribution in [3.8, 4) is 0 Å². The van der Waals surface area contributed by atoms with E-state index in [-0.39, 0.29) is 11.5 Å². The van der Waals surface area contributed by atoms with Gasteiger partial charge in [0.05, 0.1) is 10.6 Å². The van der Waals surface area contributed by atoms with Gasteiger partial charge in [-0.25, -0.2) is 4.98 Å². The first-order chi connectivity index (χ1) is 12.5. The minimum absolute atomic E-state index is 0.114. The second kappa shape index (κ2) is 6.88. The highest BCUT2D eigenvalue weighted by Gasteiger charge is 2.22. The number of nitrogens with zero attached hydrogens (tertiary/aromatic N) is 2. The Morgan fingerprint density at radius 3 is 3.00 bits per heavy atom. The molecular formula is C17H18N4O3S2. The van der Waals surface area contributed by atoms with Crippen molar-refractivity contribution in [3.05, 3.63) is 32.6 Å². The number of amides is 1. The van der Waals surface area contributed by atoms with E-state index in [1.807, 2.05) is 0 Å². The number of aryl methyl sites for hydroxylation is 3. The van der Waals surface area contributed by atoms with E-state index in [9.17, 15) is 9.59 Å². The minimum atomic E-state index is -0.442. The average molecular weight is 390 g/mol. The van der Waals surface area contributed by atoms with Crippen molar-refractivity contribution in [2.75, 3.05) is 5.32 Å². The average Bonchev–Trinajstić information content (AvgIpc) is 3.17. The fourth-order valence-corrected chi connectivity index (χ4v) is 5.19. The number of aromatic nitrogens is 3. The van der Waals surface area contributed by atoms with Gasteiger partial charge in [-0.3, -0.25) is 9.59 Å². The van der Waals surface area contributed by atoms with Crippen molar-refractivity contribution in [3.63, 3.8) is 0 Å². The molecule has 0 bridgehead atoms. The normalized spacial score (nSPS) is 15.0. The number of anilines is 1. The van der Waals surface area contributed by atoms with E-state index in [0.29, 0.717) is 16.7 Å². The van der Waals surface area contributed by atoms with Crippen LogP contribution in [-0.2, 0) is 17.6 Å². The van der Waals surface area contributed by atoms with E-state index in [1.54, 1.807) is 31.3 Å². The Bertz CT molecular complexity index is 1040. The number of hydrogen-bond donors (Lipinski definition) is 2. The summed E-state index contributed by atoms with van der Waals surface area (Å²) in [5.74, 6) is 0.776. The van der Waals surface area contributed by atoms with Crippen molar-refractivity contribution in [2.24, 2.45) is 0 Å². The number of hydrogen-bond acceptors (Lipinski definition) is 7.